The summed E-state index contributed by atoms with van der Waals surface area (Å²) in [6, 6.07) is 0. The van der Waals surface area contributed by atoms with Gasteiger partial charge in [0.05, 0.1) is 19.0 Å². The van der Waals surface area contributed by atoms with Crippen molar-refractivity contribution in [2.75, 3.05) is 19.8 Å². The lowest BCUT2D eigenvalue weighted by molar-refractivity contribution is 0.0186. The molecule has 0 rings (SSSR count). The predicted octanol–water partition coefficient (Wildman–Crippen LogP) is 5.73. The van der Waals surface area contributed by atoms with Crippen molar-refractivity contribution < 1.29 is 17.6 Å². The molecule has 2 atom stereocenters. The Labute approximate surface area is 190 Å². The van der Waals surface area contributed by atoms with Gasteiger partial charge in [-0.05, 0) is 19.3 Å². The average Bonchev–Trinajstić information content (AvgIpc) is 2.78. The third-order valence-corrected chi connectivity index (χ3v) is 4.68. The van der Waals surface area contributed by atoms with Crippen molar-refractivity contribution in [1.29, 1.82) is 0 Å². The second-order valence-electron chi connectivity index (χ2n) is 7.68. The number of nitrogens with two attached hydrogens (primary N) is 1. The third-order valence-electron chi connectivity index (χ3n) is 4.68. The molecule has 0 fully saturated rings. The fraction of sp³-hybridized carbons (Fsp3) is 0.542. The van der Waals surface area contributed by atoms with E-state index >= 15 is 0 Å². The van der Waals surface area contributed by atoms with Gasteiger partial charge in [-0.2, -0.15) is 8.78 Å². The van der Waals surface area contributed by atoms with Gasteiger partial charge in [0.15, 0.2) is 12.6 Å². The van der Waals surface area contributed by atoms with Crippen molar-refractivity contribution in [3.8, 4) is 0 Å². The summed E-state index contributed by atoms with van der Waals surface area (Å²) < 4.78 is 52.6. The molecule has 4 nitrogen and oxygen atoms in total. The SMILES string of the molecule is C=CC(C)(C/C=C/F)CNC(/C=C/CCC)NC(N)=NC/C=C(\C=C/CC)C(F)(F)CF. The summed E-state index contributed by atoms with van der Waals surface area (Å²) in [7, 11) is 0. The highest BCUT2D eigenvalue weighted by Gasteiger charge is 2.32. The van der Waals surface area contributed by atoms with E-state index in [4.69, 9.17) is 5.73 Å². The fourth-order valence-corrected chi connectivity index (χ4v) is 2.56. The van der Waals surface area contributed by atoms with Crippen molar-refractivity contribution in [2.24, 2.45) is 16.1 Å². The van der Waals surface area contributed by atoms with E-state index in [1.165, 1.54) is 18.2 Å². The molecule has 0 aliphatic rings. The van der Waals surface area contributed by atoms with Crippen LogP contribution < -0.4 is 16.4 Å². The van der Waals surface area contributed by atoms with Gasteiger partial charge in [-0.3, -0.25) is 5.32 Å². The van der Waals surface area contributed by atoms with Crippen molar-refractivity contribution in [3.05, 3.63) is 61.0 Å². The smallest absolute Gasteiger partial charge is 0.300 e. The molecule has 0 bridgehead atoms. The number of unbranched alkanes of at least 4 members (excludes halogenated alkanes) is 1. The number of allylic oxidation sites excluding steroid dienone is 5. The zero-order valence-electron chi connectivity index (χ0n) is 19.4. The number of hydrogen-bond donors (Lipinski definition) is 3. The molecule has 0 heterocycles. The Balaban J connectivity index is 5.30. The summed E-state index contributed by atoms with van der Waals surface area (Å²) in [5.41, 5.74) is 5.12. The second kappa shape index (κ2) is 16.3. The lowest BCUT2D eigenvalue weighted by Gasteiger charge is -2.28. The standard InChI is InChI=1S/C24H38F4N4/c1-5-8-10-13-21(31-19-23(4,7-3)15-11-16-25)32-22(29)30-17-14-20(12-9-6-2)24(27,28)18-26/h7,9-14,16,21,31H,3,5-6,8,15,17-19H2,1-2,4H3,(H3,29,30,32)/b12-9-,13-10+,16-11+,20-14+. The van der Waals surface area contributed by atoms with Crippen LogP contribution in [0.25, 0.3) is 0 Å². The molecule has 4 N–H and O–H groups in total. The lowest BCUT2D eigenvalue weighted by Crippen LogP contribution is -2.49. The molecule has 32 heavy (non-hydrogen) atoms. The number of hydrogen-bond acceptors (Lipinski definition) is 2. The first-order valence-corrected chi connectivity index (χ1v) is 10.8. The summed E-state index contributed by atoms with van der Waals surface area (Å²) in [5.74, 6) is -3.52. The molecular formula is C24H38F4N4. The van der Waals surface area contributed by atoms with E-state index in [-0.39, 0.29) is 24.1 Å². The highest BCUT2D eigenvalue weighted by atomic mass is 19.3. The quantitative estimate of drug-likeness (QED) is 0.0692. The van der Waals surface area contributed by atoms with E-state index in [0.29, 0.717) is 25.7 Å². The molecule has 0 aliphatic carbocycles. The summed E-state index contributed by atoms with van der Waals surface area (Å²) in [6.45, 7) is 8.19. The zero-order chi connectivity index (χ0) is 24.5. The molecule has 0 amide bonds. The second-order valence-corrected chi connectivity index (χ2v) is 7.68. The molecule has 2 unspecified atom stereocenters. The maximum absolute atomic E-state index is 13.7. The van der Waals surface area contributed by atoms with Crippen LogP contribution in [-0.2, 0) is 0 Å². The number of rotatable bonds is 16. The zero-order valence-corrected chi connectivity index (χ0v) is 19.4. The first-order valence-electron chi connectivity index (χ1n) is 10.8. The fourth-order valence-electron chi connectivity index (χ4n) is 2.56. The molecule has 0 radical (unpaired) electrons. The van der Waals surface area contributed by atoms with Crippen LogP contribution in [0.3, 0.4) is 0 Å². The topological polar surface area (TPSA) is 62.4 Å². The largest absolute Gasteiger partial charge is 0.370 e. The van der Waals surface area contributed by atoms with Crippen molar-refractivity contribution >= 4 is 5.96 Å². The molecule has 0 spiro atoms. The van der Waals surface area contributed by atoms with Crippen LogP contribution >= 0.6 is 0 Å². The first kappa shape index (κ1) is 29.7. The summed E-state index contributed by atoms with van der Waals surface area (Å²) in [6.07, 6.45) is 14.0. The number of nitrogens with zero attached hydrogens (tertiary/aromatic N) is 1. The van der Waals surface area contributed by atoms with Crippen LogP contribution in [0.5, 0.6) is 0 Å². The monoisotopic (exact) mass is 458 g/mol. The highest BCUT2D eigenvalue weighted by molar-refractivity contribution is 5.78. The molecule has 0 aliphatic heterocycles. The number of aliphatic imine (C=N–C) groups is 1. The molecule has 0 saturated heterocycles. The Kier molecular flexibility index (Phi) is 15.1. The van der Waals surface area contributed by atoms with E-state index < -0.39 is 18.2 Å². The summed E-state index contributed by atoms with van der Waals surface area (Å²) in [4.78, 5) is 4.06. The number of guanidine groups is 1. The van der Waals surface area contributed by atoms with E-state index in [0.717, 1.165) is 18.9 Å². The van der Waals surface area contributed by atoms with E-state index in [9.17, 15) is 17.6 Å². The Hall–Kier alpha value is -2.35. The van der Waals surface area contributed by atoms with Gasteiger partial charge in [-0.25, -0.2) is 13.8 Å². The normalized spacial score (nSPS) is 16.7. The van der Waals surface area contributed by atoms with Crippen molar-refractivity contribution in [3.63, 3.8) is 0 Å². The van der Waals surface area contributed by atoms with Gasteiger partial charge in [0.2, 0.25) is 0 Å². The maximum Gasteiger partial charge on any atom is 0.300 e. The molecule has 182 valence electrons. The molecule has 0 aromatic heterocycles. The summed E-state index contributed by atoms with van der Waals surface area (Å²) in [5, 5.41) is 6.28. The molecule has 0 aromatic carbocycles. The van der Waals surface area contributed by atoms with Crippen LogP contribution in [-0.4, -0.2) is 37.8 Å². The summed E-state index contributed by atoms with van der Waals surface area (Å²) >= 11 is 0. The van der Waals surface area contributed by atoms with Gasteiger partial charge < -0.3 is 11.1 Å². The van der Waals surface area contributed by atoms with Crippen LogP contribution in [0.4, 0.5) is 17.6 Å². The third kappa shape index (κ3) is 12.5. The Morgan fingerprint density at radius 1 is 1.22 bits per heavy atom. The lowest BCUT2D eigenvalue weighted by atomic mass is 9.87. The van der Waals surface area contributed by atoms with Gasteiger partial charge in [0, 0.05) is 17.5 Å². The number of halogens is 4. The first-order chi connectivity index (χ1) is 15.2. The molecule has 0 aromatic rings. The highest BCUT2D eigenvalue weighted by Crippen LogP contribution is 2.26. The number of nitrogens with one attached hydrogen (secondary N) is 2. The molecule has 0 saturated carbocycles. The van der Waals surface area contributed by atoms with Crippen LogP contribution in [0, 0.1) is 5.41 Å². The van der Waals surface area contributed by atoms with Crippen LogP contribution in [0.15, 0.2) is 66.0 Å². The molecule has 8 heteroatoms. The minimum Gasteiger partial charge on any atom is -0.370 e. The predicted molar refractivity (Wildman–Crippen MR) is 127 cm³/mol. The van der Waals surface area contributed by atoms with Crippen LogP contribution in [0.2, 0.25) is 0 Å². The van der Waals surface area contributed by atoms with E-state index in [1.54, 1.807) is 13.0 Å². The van der Waals surface area contributed by atoms with Gasteiger partial charge in [0.1, 0.15) is 0 Å². The van der Waals surface area contributed by atoms with Gasteiger partial charge in [-0.1, -0.05) is 69.7 Å². The van der Waals surface area contributed by atoms with Crippen molar-refractivity contribution in [1.82, 2.24) is 10.6 Å². The Morgan fingerprint density at radius 2 is 1.94 bits per heavy atom. The van der Waals surface area contributed by atoms with Gasteiger partial charge >= 0.3 is 5.92 Å². The van der Waals surface area contributed by atoms with Gasteiger partial charge in [-0.15, -0.1) is 6.58 Å². The van der Waals surface area contributed by atoms with Crippen molar-refractivity contribution in [2.45, 2.75) is 58.5 Å². The Bertz CT molecular complexity index is 683. The number of alkyl halides is 3. The Morgan fingerprint density at radius 3 is 2.50 bits per heavy atom. The minimum atomic E-state index is -3.57. The average molecular weight is 459 g/mol. The van der Waals surface area contributed by atoms with Gasteiger partial charge in [0.25, 0.3) is 0 Å². The minimum absolute atomic E-state index is 0.0474. The molecular weight excluding hydrogens is 420 g/mol. The van der Waals surface area contributed by atoms with Crippen LogP contribution in [0.1, 0.15) is 46.5 Å². The van der Waals surface area contributed by atoms with E-state index in [1.807, 2.05) is 19.1 Å². The van der Waals surface area contributed by atoms with E-state index in [2.05, 4.69) is 29.1 Å². The maximum atomic E-state index is 13.7.